The number of ether oxygens (including phenoxy) is 2. The van der Waals surface area contributed by atoms with E-state index in [0.29, 0.717) is 25.9 Å². The molecule has 0 radical (unpaired) electrons. The Morgan fingerprint density at radius 2 is 0.844 bits per heavy atom. The van der Waals surface area contributed by atoms with Gasteiger partial charge >= 0.3 is 0 Å². The van der Waals surface area contributed by atoms with Crippen LogP contribution in [0.15, 0.2) is 0 Å². The second kappa shape index (κ2) is 6.00. The first kappa shape index (κ1) is 20.8. The van der Waals surface area contributed by atoms with Crippen molar-refractivity contribution in [3.8, 4) is 0 Å². The van der Waals surface area contributed by atoms with Gasteiger partial charge in [0.2, 0.25) is 23.6 Å². The van der Waals surface area contributed by atoms with Crippen molar-refractivity contribution in [2.45, 2.75) is 90.6 Å². The monoisotopic (exact) mass is 444 g/mol. The van der Waals surface area contributed by atoms with Crippen molar-refractivity contribution in [1.29, 1.82) is 0 Å². The molecular formula is C24H32N2O6. The molecule has 0 saturated carbocycles. The molecule has 8 heteroatoms. The van der Waals surface area contributed by atoms with Gasteiger partial charge in [0.15, 0.2) is 0 Å². The second-order valence-corrected chi connectivity index (χ2v) is 11.4. The molecule has 6 aliphatic rings. The SMILES string of the molecule is C[C@@]12C(=O)N(CCCCN3C(=O)[C@@]4(C)C5CCC(O5)[C@@]4(C)C3=O)C(=O)[C@]1(C)C1CCC2O1. The molecule has 0 aromatic heterocycles. The van der Waals surface area contributed by atoms with Gasteiger partial charge in [0.25, 0.3) is 0 Å². The highest BCUT2D eigenvalue weighted by molar-refractivity contribution is 6.11. The van der Waals surface area contributed by atoms with Crippen LogP contribution in [-0.2, 0) is 28.7 Å². The molecule has 6 fully saturated rings. The van der Waals surface area contributed by atoms with Gasteiger partial charge in [-0.1, -0.05) is 0 Å². The number of unbranched alkanes of at least 4 members (excludes halogenated alkanes) is 1. The summed E-state index contributed by atoms with van der Waals surface area (Å²) in [7, 11) is 0. The third kappa shape index (κ3) is 1.89. The molecule has 4 amide bonds. The molecule has 174 valence electrons. The molecule has 32 heavy (non-hydrogen) atoms. The first-order valence-electron chi connectivity index (χ1n) is 12.1. The fourth-order valence-electron chi connectivity index (χ4n) is 8.00. The Labute approximate surface area is 187 Å². The minimum Gasteiger partial charge on any atom is -0.373 e. The summed E-state index contributed by atoms with van der Waals surface area (Å²) in [6.45, 7) is 8.18. The molecule has 4 bridgehead atoms. The van der Waals surface area contributed by atoms with Crippen molar-refractivity contribution >= 4 is 23.6 Å². The van der Waals surface area contributed by atoms with Crippen LogP contribution >= 0.6 is 0 Å². The molecule has 6 aliphatic heterocycles. The van der Waals surface area contributed by atoms with Crippen LogP contribution in [0.3, 0.4) is 0 Å². The largest absolute Gasteiger partial charge is 0.373 e. The number of nitrogens with zero attached hydrogens (tertiary/aromatic N) is 2. The van der Waals surface area contributed by atoms with Gasteiger partial charge in [-0.15, -0.1) is 0 Å². The molecule has 6 rings (SSSR count). The normalized spacial score (nSPS) is 50.9. The Hall–Kier alpha value is -1.80. The van der Waals surface area contributed by atoms with E-state index in [2.05, 4.69) is 0 Å². The predicted molar refractivity (Wildman–Crippen MR) is 111 cm³/mol. The minimum atomic E-state index is -0.784. The molecule has 0 aromatic carbocycles. The lowest BCUT2D eigenvalue weighted by Crippen LogP contribution is -2.48. The number of hydrogen-bond acceptors (Lipinski definition) is 6. The smallest absolute Gasteiger partial charge is 0.238 e. The van der Waals surface area contributed by atoms with Crippen molar-refractivity contribution in [2.75, 3.05) is 13.1 Å². The molecule has 6 saturated heterocycles. The van der Waals surface area contributed by atoms with Crippen LogP contribution in [-0.4, -0.2) is 70.9 Å². The molecule has 0 N–H and O–H groups in total. The Morgan fingerprint density at radius 1 is 0.594 bits per heavy atom. The molecule has 0 aliphatic carbocycles. The van der Waals surface area contributed by atoms with Gasteiger partial charge in [0.1, 0.15) is 0 Å². The maximum absolute atomic E-state index is 13.3. The first-order chi connectivity index (χ1) is 15.0. The van der Waals surface area contributed by atoms with Gasteiger partial charge in [-0.25, -0.2) is 0 Å². The van der Waals surface area contributed by atoms with E-state index < -0.39 is 21.7 Å². The highest BCUT2D eigenvalue weighted by Crippen LogP contribution is 2.65. The highest BCUT2D eigenvalue weighted by Gasteiger charge is 2.78. The summed E-state index contributed by atoms with van der Waals surface area (Å²) < 4.78 is 11.9. The number of carbonyl (C=O) groups is 4. The lowest BCUT2D eigenvalue weighted by atomic mass is 9.59. The zero-order valence-electron chi connectivity index (χ0n) is 19.3. The Kier molecular flexibility index (Phi) is 3.90. The number of fused-ring (bicyclic) bond motifs is 10. The summed E-state index contributed by atoms with van der Waals surface area (Å²) in [6.07, 6.45) is 3.70. The van der Waals surface area contributed by atoms with Crippen molar-refractivity contribution in [3.63, 3.8) is 0 Å². The van der Waals surface area contributed by atoms with E-state index in [1.54, 1.807) is 0 Å². The van der Waals surface area contributed by atoms with E-state index in [9.17, 15) is 19.2 Å². The number of rotatable bonds is 5. The van der Waals surface area contributed by atoms with Gasteiger partial charge < -0.3 is 9.47 Å². The van der Waals surface area contributed by atoms with Crippen molar-refractivity contribution in [2.24, 2.45) is 21.7 Å². The summed E-state index contributed by atoms with van der Waals surface area (Å²) >= 11 is 0. The van der Waals surface area contributed by atoms with Crippen LogP contribution in [0.5, 0.6) is 0 Å². The van der Waals surface area contributed by atoms with E-state index in [1.807, 2.05) is 27.7 Å². The Morgan fingerprint density at radius 3 is 1.09 bits per heavy atom. The second-order valence-electron chi connectivity index (χ2n) is 11.4. The molecule has 4 unspecified atom stereocenters. The lowest BCUT2D eigenvalue weighted by Gasteiger charge is -2.36. The van der Waals surface area contributed by atoms with Crippen LogP contribution < -0.4 is 0 Å². The highest BCUT2D eigenvalue weighted by atomic mass is 16.5. The molecule has 6 heterocycles. The molecule has 8 nitrogen and oxygen atoms in total. The fraction of sp³-hybridized carbons (Fsp3) is 0.833. The summed E-state index contributed by atoms with van der Waals surface area (Å²) in [6, 6.07) is 0. The number of amides is 4. The molecule has 8 atom stereocenters. The molecule has 0 aromatic rings. The third-order valence-corrected chi connectivity index (χ3v) is 10.5. The average Bonchev–Trinajstić information content (AvgIpc) is 3.57. The van der Waals surface area contributed by atoms with Gasteiger partial charge in [0.05, 0.1) is 46.1 Å². The number of likely N-dealkylation sites (tertiary alicyclic amines) is 2. The van der Waals surface area contributed by atoms with E-state index >= 15 is 0 Å². The third-order valence-electron chi connectivity index (χ3n) is 10.5. The number of imide groups is 2. The number of carbonyl (C=O) groups excluding carboxylic acids is 4. The fourth-order valence-corrected chi connectivity index (χ4v) is 8.00. The van der Waals surface area contributed by atoms with Gasteiger partial charge in [-0.2, -0.15) is 0 Å². The van der Waals surface area contributed by atoms with Crippen LogP contribution in [0, 0.1) is 21.7 Å². The maximum Gasteiger partial charge on any atom is 0.238 e. The van der Waals surface area contributed by atoms with Gasteiger partial charge in [-0.05, 0) is 66.2 Å². The van der Waals surface area contributed by atoms with Crippen LogP contribution in [0.25, 0.3) is 0 Å². The molecule has 0 spiro atoms. The summed E-state index contributed by atoms with van der Waals surface area (Å²) in [5, 5.41) is 0. The summed E-state index contributed by atoms with van der Waals surface area (Å²) in [4.78, 5) is 55.8. The van der Waals surface area contributed by atoms with Crippen LogP contribution in [0.1, 0.15) is 66.2 Å². The first-order valence-corrected chi connectivity index (χ1v) is 12.1. The minimum absolute atomic E-state index is 0.131. The quantitative estimate of drug-likeness (QED) is 0.473. The van der Waals surface area contributed by atoms with Gasteiger partial charge in [0, 0.05) is 13.1 Å². The van der Waals surface area contributed by atoms with E-state index in [0.717, 1.165) is 25.7 Å². The Balaban J connectivity index is 1.12. The van der Waals surface area contributed by atoms with E-state index in [4.69, 9.17) is 9.47 Å². The van der Waals surface area contributed by atoms with Crippen molar-refractivity contribution in [1.82, 2.24) is 9.80 Å². The summed E-state index contributed by atoms with van der Waals surface area (Å²) in [5.74, 6) is -0.523. The molecular weight excluding hydrogens is 412 g/mol. The number of hydrogen-bond donors (Lipinski definition) is 0. The average molecular weight is 445 g/mol. The van der Waals surface area contributed by atoms with Gasteiger partial charge in [-0.3, -0.25) is 29.0 Å². The lowest BCUT2D eigenvalue weighted by molar-refractivity contribution is -0.147. The van der Waals surface area contributed by atoms with Crippen molar-refractivity contribution in [3.05, 3.63) is 0 Å². The van der Waals surface area contributed by atoms with E-state index in [1.165, 1.54) is 9.80 Å². The van der Waals surface area contributed by atoms with Crippen molar-refractivity contribution < 1.29 is 28.7 Å². The zero-order valence-corrected chi connectivity index (χ0v) is 19.3. The predicted octanol–water partition coefficient (Wildman–Crippen LogP) is 1.65. The van der Waals surface area contributed by atoms with Crippen LogP contribution in [0.2, 0.25) is 0 Å². The zero-order chi connectivity index (χ0) is 22.8. The standard InChI is InChI=1S/C24H32N2O6/c1-21-13-7-8-14(31-13)22(21,2)18(28)25(17(21)27)11-5-6-12-26-19(29)23(3)15-9-10-16(32-15)24(23,4)20(26)30/h13-16H,5-12H2,1-4H3/t13?,14?,15?,16?,21-,22+,23-,24+. The topological polar surface area (TPSA) is 93.2 Å². The maximum atomic E-state index is 13.3. The summed E-state index contributed by atoms with van der Waals surface area (Å²) in [5.41, 5.74) is -3.14. The van der Waals surface area contributed by atoms with E-state index in [-0.39, 0.29) is 48.0 Å². The van der Waals surface area contributed by atoms with Crippen LogP contribution in [0.4, 0.5) is 0 Å². The Bertz CT molecular complexity index is 822.